The normalized spacial score (nSPS) is 17.1. The maximum Gasteiger partial charge on any atom is 0.308 e. The third-order valence-corrected chi connectivity index (χ3v) is 8.69. The Morgan fingerprint density at radius 3 is 2.54 bits per heavy atom. The lowest BCUT2D eigenvalue weighted by atomic mass is 10.0. The summed E-state index contributed by atoms with van der Waals surface area (Å²) in [5.41, 5.74) is 2.60. The predicted octanol–water partition coefficient (Wildman–Crippen LogP) is 3.74. The number of amides is 2. The standard InChI is InChI=1S/C32H39FN6O8S/c1-17(2)29(39-15-28(36-37-39)45-10-8-7-9-40)32(44)38-14-22(46-20(5)41)11-26(38)31(43)35-18(3)23-12-25(33)24(13-27(23)47-21(6)42)30-19(4)34-16-48-30/h9,12-13,15-18,22,26,29H,7-8,10-11,14H2,1-6H3,(H,35,43)/t18-,22+,26-,29-/m0/s1. The molecule has 1 saturated heterocycles. The van der Waals surface area contributed by atoms with Gasteiger partial charge in [0, 0.05) is 37.8 Å². The van der Waals surface area contributed by atoms with E-state index in [9.17, 15) is 24.0 Å². The van der Waals surface area contributed by atoms with Gasteiger partial charge in [-0.05, 0) is 38.3 Å². The summed E-state index contributed by atoms with van der Waals surface area (Å²) in [5, 5.41) is 10.9. The smallest absolute Gasteiger partial charge is 0.308 e. The zero-order chi connectivity index (χ0) is 35.1. The van der Waals surface area contributed by atoms with E-state index in [2.05, 4.69) is 20.6 Å². The molecule has 258 valence electrons. The van der Waals surface area contributed by atoms with Crippen LogP contribution >= 0.6 is 11.3 Å². The van der Waals surface area contributed by atoms with E-state index in [1.165, 1.54) is 53.1 Å². The van der Waals surface area contributed by atoms with Gasteiger partial charge in [-0.15, -0.1) is 11.3 Å². The van der Waals surface area contributed by atoms with Crippen LogP contribution in [0.2, 0.25) is 0 Å². The van der Waals surface area contributed by atoms with Crippen molar-refractivity contribution in [2.75, 3.05) is 13.2 Å². The van der Waals surface area contributed by atoms with Gasteiger partial charge in [-0.2, -0.15) is 0 Å². The van der Waals surface area contributed by atoms with Crippen LogP contribution in [0.1, 0.15) is 77.2 Å². The Balaban J connectivity index is 1.59. The highest BCUT2D eigenvalue weighted by atomic mass is 32.1. The molecule has 2 aromatic heterocycles. The van der Waals surface area contributed by atoms with Gasteiger partial charge >= 0.3 is 11.9 Å². The van der Waals surface area contributed by atoms with Crippen molar-refractivity contribution in [1.82, 2.24) is 30.2 Å². The molecule has 0 unspecified atom stereocenters. The molecule has 3 heterocycles. The first-order valence-corrected chi connectivity index (χ1v) is 16.4. The van der Waals surface area contributed by atoms with E-state index >= 15 is 4.39 Å². The van der Waals surface area contributed by atoms with Crippen LogP contribution < -0.4 is 14.8 Å². The fourth-order valence-electron chi connectivity index (χ4n) is 5.56. The molecule has 1 fully saturated rings. The van der Waals surface area contributed by atoms with Crippen molar-refractivity contribution < 1.29 is 42.6 Å². The van der Waals surface area contributed by atoms with E-state index in [1.807, 2.05) is 13.8 Å². The second-order valence-electron chi connectivity index (χ2n) is 11.8. The van der Waals surface area contributed by atoms with Crippen LogP contribution in [0.5, 0.6) is 11.6 Å². The van der Waals surface area contributed by atoms with Crippen LogP contribution in [0.3, 0.4) is 0 Å². The molecule has 2 amide bonds. The number of halogens is 1. The van der Waals surface area contributed by atoms with E-state index in [0.29, 0.717) is 23.4 Å². The first kappa shape index (κ1) is 36.1. The van der Waals surface area contributed by atoms with Gasteiger partial charge in [0.1, 0.15) is 36.0 Å². The third kappa shape index (κ3) is 8.59. The molecule has 0 spiro atoms. The molecule has 0 saturated carbocycles. The van der Waals surface area contributed by atoms with Gasteiger partial charge in [0.2, 0.25) is 11.8 Å². The number of ether oxygens (including phenoxy) is 3. The molecule has 0 radical (unpaired) electrons. The topological polar surface area (TPSA) is 172 Å². The van der Waals surface area contributed by atoms with E-state index in [-0.39, 0.29) is 48.2 Å². The molecule has 0 bridgehead atoms. The van der Waals surface area contributed by atoms with Crippen molar-refractivity contribution in [1.29, 1.82) is 0 Å². The number of esters is 2. The fourth-order valence-corrected chi connectivity index (χ4v) is 6.38. The zero-order valence-electron chi connectivity index (χ0n) is 27.6. The number of nitrogens with one attached hydrogen (secondary N) is 1. The highest BCUT2D eigenvalue weighted by molar-refractivity contribution is 7.13. The number of likely N-dealkylation sites (tertiary alicyclic amines) is 1. The molecule has 1 aliphatic heterocycles. The molecule has 48 heavy (non-hydrogen) atoms. The minimum Gasteiger partial charge on any atom is -0.475 e. The van der Waals surface area contributed by atoms with Gasteiger partial charge in [-0.25, -0.2) is 14.1 Å². The van der Waals surface area contributed by atoms with Gasteiger partial charge in [-0.1, -0.05) is 24.2 Å². The molecule has 0 aliphatic carbocycles. The van der Waals surface area contributed by atoms with Crippen LogP contribution in [0.25, 0.3) is 10.4 Å². The Morgan fingerprint density at radius 2 is 1.92 bits per heavy atom. The summed E-state index contributed by atoms with van der Waals surface area (Å²) < 4.78 is 33.2. The average molecular weight is 687 g/mol. The van der Waals surface area contributed by atoms with Crippen molar-refractivity contribution in [2.24, 2.45) is 5.92 Å². The number of rotatable bonds is 14. The summed E-state index contributed by atoms with van der Waals surface area (Å²) in [5.74, 6) is -2.89. The number of carbonyl (C=O) groups excluding carboxylic acids is 5. The maximum atomic E-state index is 15.5. The fraction of sp³-hybridized carbons (Fsp3) is 0.500. The largest absolute Gasteiger partial charge is 0.475 e. The minimum atomic E-state index is -1.06. The molecule has 3 aromatic rings. The number of carbonyl (C=O) groups is 5. The summed E-state index contributed by atoms with van der Waals surface area (Å²) in [6.07, 6.45) is 2.36. The molecule has 1 aliphatic rings. The minimum absolute atomic E-state index is 0.0197. The number of nitrogens with zero attached hydrogens (tertiary/aromatic N) is 5. The summed E-state index contributed by atoms with van der Waals surface area (Å²) in [6, 6.07) is -0.203. The highest BCUT2D eigenvalue weighted by Gasteiger charge is 2.44. The Hall–Kier alpha value is -4.73. The van der Waals surface area contributed by atoms with Crippen LogP contribution in [0, 0.1) is 18.7 Å². The third-order valence-electron chi connectivity index (χ3n) is 7.72. The summed E-state index contributed by atoms with van der Waals surface area (Å²) in [4.78, 5) is 68.5. The lowest BCUT2D eigenvalue weighted by Crippen LogP contribution is -2.49. The second-order valence-corrected chi connectivity index (χ2v) is 12.7. The van der Waals surface area contributed by atoms with Crippen LogP contribution in [0.4, 0.5) is 4.39 Å². The van der Waals surface area contributed by atoms with Crippen molar-refractivity contribution in [3.8, 4) is 22.1 Å². The lowest BCUT2D eigenvalue weighted by Gasteiger charge is -2.30. The van der Waals surface area contributed by atoms with Crippen molar-refractivity contribution in [2.45, 2.75) is 85.0 Å². The van der Waals surface area contributed by atoms with E-state index in [4.69, 9.17) is 14.2 Å². The van der Waals surface area contributed by atoms with Crippen molar-refractivity contribution in [3.05, 3.63) is 40.9 Å². The number of benzene rings is 1. The maximum absolute atomic E-state index is 15.5. The molecule has 14 nitrogen and oxygen atoms in total. The lowest BCUT2D eigenvalue weighted by molar-refractivity contribution is -0.147. The van der Waals surface area contributed by atoms with Gasteiger partial charge in [0.15, 0.2) is 0 Å². The number of aryl methyl sites for hydroxylation is 1. The zero-order valence-corrected chi connectivity index (χ0v) is 28.4. The Morgan fingerprint density at radius 1 is 1.17 bits per heavy atom. The number of unbranched alkanes of at least 4 members (excludes halogenated alkanes) is 1. The number of aldehydes is 1. The molecule has 4 atom stereocenters. The Kier molecular flexibility index (Phi) is 12.0. The second kappa shape index (κ2) is 15.9. The average Bonchev–Trinajstić information content (AvgIpc) is 3.75. The van der Waals surface area contributed by atoms with E-state index in [1.54, 1.807) is 19.4 Å². The van der Waals surface area contributed by atoms with Gasteiger partial charge in [0.25, 0.3) is 5.88 Å². The van der Waals surface area contributed by atoms with Gasteiger partial charge in [0.05, 0.1) is 41.5 Å². The molecule has 4 rings (SSSR count). The number of hydrogen-bond donors (Lipinski definition) is 1. The molecule has 1 aromatic carbocycles. The predicted molar refractivity (Wildman–Crippen MR) is 170 cm³/mol. The number of aromatic nitrogens is 4. The molecule has 1 N–H and O–H groups in total. The summed E-state index contributed by atoms with van der Waals surface area (Å²) in [6.45, 7) is 9.62. The molecular formula is C32H39FN6O8S. The Bertz CT molecular complexity index is 1660. The van der Waals surface area contributed by atoms with E-state index < -0.39 is 53.8 Å². The first-order chi connectivity index (χ1) is 22.8. The SMILES string of the molecule is CC(=O)Oc1cc(-c2scnc2C)c(F)cc1[C@H](C)NC(=O)[C@@H]1C[C@@H](OC(C)=O)CN1C(=O)[C@H](C(C)C)n1cc(OCCCC=O)nn1. The molecular weight excluding hydrogens is 647 g/mol. The summed E-state index contributed by atoms with van der Waals surface area (Å²) in [7, 11) is 0. The van der Waals surface area contributed by atoms with Gasteiger partial charge in [-0.3, -0.25) is 19.2 Å². The van der Waals surface area contributed by atoms with E-state index in [0.717, 1.165) is 6.29 Å². The van der Waals surface area contributed by atoms with Crippen LogP contribution in [-0.2, 0) is 28.7 Å². The number of hydrogen-bond acceptors (Lipinski definition) is 12. The highest BCUT2D eigenvalue weighted by Crippen LogP contribution is 2.37. The Labute approximate surface area is 280 Å². The molecule has 16 heteroatoms. The van der Waals surface area contributed by atoms with Crippen molar-refractivity contribution >= 4 is 41.4 Å². The van der Waals surface area contributed by atoms with Crippen LogP contribution in [-0.4, -0.2) is 80.2 Å². The van der Waals surface area contributed by atoms with Gasteiger partial charge < -0.3 is 29.2 Å². The number of thiazole rings is 1. The quantitative estimate of drug-likeness (QED) is 0.113. The first-order valence-electron chi connectivity index (χ1n) is 15.5. The summed E-state index contributed by atoms with van der Waals surface area (Å²) >= 11 is 1.24. The monoisotopic (exact) mass is 686 g/mol. The van der Waals surface area contributed by atoms with Crippen molar-refractivity contribution in [3.63, 3.8) is 0 Å². The van der Waals surface area contributed by atoms with Crippen LogP contribution in [0.15, 0.2) is 23.8 Å².